The highest BCUT2D eigenvalue weighted by Crippen LogP contribution is 2.15. The van der Waals surface area contributed by atoms with E-state index in [2.05, 4.69) is 16.9 Å². The molecule has 96 valence electrons. The Kier molecular flexibility index (Phi) is 7.56. The summed E-state index contributed by atoms with van der Waals surface area (Å²) in [5, 5.41) is 0. The Morgan fingerprint density at radius 3 is 2.41 bits per heavy atom. The molecule has 0 saturated heterocycles. The van der Waals surface area contributed by atoms with E-state index in [9.17, 15) is 0 Å². The summed E-state index contributed by atoms with van der Waals surface area (Å²) >= 11 is 0. The van der Waals surface area contributed by atoms with Crippen molar-refractivity contribution < 1.29 is 0 Å². The number of nitrogens with zero attached hydrogens (tertiary/aromatic N) is 2. The standard InChI is InChI=1S/C14H25N3/c1-2-3-4-5-6-7-8-9-13(15)14-12-16-10-11-17-14/h10-13H,2-9,15H2,1H3. The highest BCUT2D eigenvalue weighted by atomic mass is 14.8. The Morgan fingerprint density at radius 2 is 1.76 bits per heavy atom. The number of nitrogens with two attached hydrogens (primary N) is 1. The summed E-state index contributed by atoms with van der Waals surface area (Å²) in [4.78, 5) is 8.27. The van der Waals surface area contributed by atoms with Crippen LogP contribution in [0.5, 0.6) is 0 Å². The van der Waals surface area contributed by atoms with Crippen molar-refractivity contribution in [2.24, 2.45) is 5.73 Å². The van der Waals surface area contributed by atoms with Crippen molar-refractivity contribution in [3.8, 4) is 0 Å². The lowest BCUT2D eigenvalue weighted by Crippen LogP contribution is -2.12. The largest absolute Gasteiger partial charge is 0.323 e. The Morgan fingerprint density at radius 1 is 1.06 bits per heavy atom. The zero-order valence-corrected chi connectivity index (χ0v) is 10.9. The van der Waals surface area contributed by atoms with E-state index in [4.69, 9.17) is 5.73 Å². The van der Waals surface area contributed by atoms with E-state index in [0.717, 1.165) is 12.1 Å². The minimum Gasteiger partial charge on any atom is -0.323 e. The van der Waals surface area contributed by atoms with Crippen molar-refractivity contribution in [2.75, 3.05) is 0 Å². The van der Waals surface area contributed by atoms with Crippen LogP contribution in [0, 0.1) is 0 Å². The molecule has 1 atom stereocenters. The molecular weight excluding hydrogens is 210 g/mol. The molecule has 3 nitrogen and oxygen atoms in total. The quantitative estimate of drug-likeness (QED) is 0.665. The highest BCUT2D eigenvalue weighted by molar-refractivity contribution is 5.00. The van der Waals surface area contributed by atoms with E-state index in [-0.39, 0.29) is 6.04 Å². The molecule has 0 aliphatic rings. The Labute approximate surface area is 105 Å². The fraction of sp³-hybridized carbons (Fsp3) is 0.714. The van der Waals surface area contributed by atoms with Crippen LogP contribution in [0.25, 0.3) is 0 Å². The first-order chi connectivity index (χ1) is 8.34. The van der Waals surface area contributed by atoms with Crippen molar-refractivity contribution in [3.63, 3.8) is 0 Å². The van der Waals surface area contributed by atoms with E-state index in [1.54, 1.807) is 18.6 Å². The number of unbranched alkanes of at least 4 members (excludes halogenated alkanes) is 6. The SMILES string of the molecule is CCCCCCCCCC(N)c1cnccn1. The minimum atomic E-state index is 0.0549. The minimum absolute atomic E-state index is 0.0549. The molecule has 0 spiro atoms. The molecule has 3 heteroatoms. The third-order valence-electron chi connectivity index (χ3n) is 3.08. The smallest absolute Gasteiger partial charge is 0.0753 e. The van der Waals surface area contributed by atoms with Gasteiger partial charge in [-0.1, -0.05) is 51.9 Å². The van der Waals surface area contributed by atoms with Crippen molar-refractivity contribution in [2.45, 2.75) is 64.3 Å². The zero-order chi connectivity index (χ0) is 12.3. The van der Waals surface area contributed by atoms with Crippen LogP contribution < -0.4 is 5.73 Å². The van der Waals surface area contributed by atoms with Crippen LogP contribution in [0.2, 0.25) is 0 Å². The molecule has 0 aliphatic heterocycles. The average molecular weight is 235 g/mol. The van der Waals surface area contributed by atoms with E-state index < -0.39 is 0 Å². The van der Waals surface area contributed by atoms with Crippen LogP contribution in [-0.2, 0) is 0 Å². The van der Waals surface area contributed by atoms with Crippen LogP contribution >= 0.6 is 0 Å². The van der Waals surface area contributed by atoms with Gasteiger partial charge in [-0.2, -0.15) is 0 Å². The number of aromatic nitrogens is 2. The first-order valence-corrected chi connectivity index (χ1v) is 6.86. The molecular formula is C14H25N3. The van der Waals surface area contributed by atoms with E-state index >= 15 is 0 Å². The molecule has 1 unspecified atom stereocenters. The topological polar surface area (TPSA) is 51.8 Å². The fourth-order valence-electron chi connectivity index (χ4n) is 1.97. The molecule has 0 saturated carbocycles. The molecule has 0 fully saturated rings. The summed E-state index contributed by atoms with van der Waals surface area (Å²) in [7, 11) is 0. The zero-order valence-electron chi connectivity index (χ0n) is 10.9. The van der Waals surface area contributed by atoms with Crippen molar-refractivity contribution in [1.82, 2.24) is 9.97 Å². The van der Waals surface area contributed by atoms with Gasteiger partial charge in [-0.05, 0) is 6.42 Å². The second-order valence-electron chi connectivity index (χ2n) is 4.65. The first kappa shape index (κ1) is 14.1. The Bertz CT molecular complexity index is 274. The summed E-state index contributed by atoms with van der Waals surface area (Å²) in [6.07, 6.45) is 15.5. The van der Waals surface area contributed by atoms with Crippen LogP contribution in [-0.4, -0.2) is 9.97 Å². The van der Waals surface area contributed by atoms with Gasteiger partial charge in [0.2, 0.25) is 0 Å². The number of hydrogen-bond donors (Lipinski definition) is 1. The summed E-state index contributed by atoms with van der Waals surface area (Å²) in [6, 6.07) is 0.0549. The van der Waals surface area contributed by atoms with Gasteiger partial charge in [0.15, 0.2) is 0 Å². The van der Waals surface area contributed by atoms with Gasteiger partial charge in [0.05, 0.1) is 5.69 Å². The van der Waals surface area contributed by atoms with Crippen LogP contribution in [0.15, 0.2) is 18.6 Å². The molecule has 1 aromatic rings. The molecule has 2 N–H and O–H groups in total. The molecule has 1 rings (SSSR count). The lowest BCUT2D eigenvalue weighted by molar-refractivity contribution is 0.534. The van der Waals surface area contributed by atoms with Crippen molar-refractivity contribution in [3.05, 3.63) is 24.3 Å². The predicted octanol–water partition coefficient (Wildman–Crippen LogP) is 3.62. The van der Waals surface area contributed by atoms with Crippen molar-refractivity contribution >= 4 is 0 Å². The van der Waals surface area contributed by atoms with E-state index in [1.165, 1.54) is 44.9 Å². The molecule has 0 aromatic carbocycles. The Hall–Kier alpha value is -0.960. The monoisotopic (exact) mass is 235 g/mol. The van der Waals surface area contributed by atoms with Gasteiger partial charge in [0.25, 0.3) is 0 Å². The summed E-state index contributed by atoms with van der Waals surface area (Å²) in [5.74, 6) is 0. The average Bonchev–Trinajstić information content (AvgIpc) is 2.38. The van der Waals surface area contributed by atoms with Crippen LogP contribution in [0.3, 0.4) is 0 Å². The summed E-state index contributed by atoms with van der Waals surface area (Å²) in [6.45, 7) is 2.25. The molecule has 1 aromatic heterocycles. The van der Waals surface area contributed by atoms with Crippen LogP contribution in [0.1, 0.15) is 70.0 Å². The van der Waals surface area contributed by atoms with Gasteiger partial charge >= 0.3 is 0 Å². The van der Waals surface area contributed by atoms with Gasteiger partial charge in [0, 0.05) is 24.6 Å². The second-order valence-corrected chi connectivity index (χ2v) is 4.65. The lowest BCUT2D eigenvalue weighted by Gasteiger charge is -2.09. The molecule has 0 bridgehead atoms. The number of rotatable bonds is 9. The maximum Gasteiger partial charge on any atom is 0.0753 e. The maximum absolute atomic E-state index is 6.05. The van der Waals surface area contributed by atoms with Gasteiger partial charge in [-0.3, -0.25) is 9.97 Å². The Balaban J connectivity index is 2.03. The van der Waals surface area contributed by atoms with E-state index in [1.807, 2.05) is 0 Å². The highest BCUT2D eigenvalue weighted by Gasteiger charge is 2.06. The maximum atomic E-state index is 6.05. The molecule has 0 radical (unpaired) electrons. The molecule has 17 heavy (non-hydrogen) atoms. The predicted molar refractivity (Wildman–Crippen MR) is 71.6 cm³/mol. The normalized spacial score (nSPS) is 12.6. The second kappa shape index (κ2) is 9.11. The first-order valence-electron chi connectivity index (χ1n) is 6.86. The van der Waals surface area contributed by atoms with Gasteiger partial charge in [0.1, 0.15) is 0 Å². The summed E-state index contributed by atoms with van der Waals surface area (Å²) < 4.78 is 0. The molecule has 0 amide bonds. The van der Waals surface area contributed by atoms with E-state index in [0.29, 0.717) is 0 Å². The fourth-order valence-corrected chi connectivity index (χ4v) is 1.97. The van der Waals surface area contributed by atoms with Gasteiger partial charge < -0.3 is 5.73 Å². The lowest BCUT2D eigenvalue weighted by atomic mass is 10.0. The van der Waals surface area contributed by atoms with Gasteiger partial charge in [-0.15, -0.1) is 0 Å². The van der Waals surface area contributed by atoms with Gasteiger partial charge in [-0.25, -0.2) is 0 Å². The summed E-state index contributed by atoms with van der Waals surface area (Å²) in [5.41, 5.74) is 6.97. The van der Waals surface area contributed by atoms with Crippen LogP contribution in [0.4, 0.5) is 0 Å². The molecule has 0 aliphatic carbocycles. The third-order valence-corrected chi connectivity index (χ3v) is 3.08. The van der Waals surface area contributed by atoms with Crippen molar-refractivity contribution in [1.29, 1.82) is 0 Å². The molecule has 1 heterocycles. The number of hydrogen-bond acceptors (Lipinski definition) is 3. The third kappa shape index (κ3) is 6.37.